The summed E-state index contributed by atoms with van der Waals surface area (Å²) in [5.41, 5.74) is 6.52. The van der Waals surface area contributed by atoms with Gasteiger partial charge in [-0.25, -0.2) is 4.79 Å². The smallest absolute Gasteiger partial charge is 0.338 e. The van der Waals surface area contributed by atoms with E-state index in [1.54, 1.807) is 19.1 Å². The summed E-state index contributed by atoms with van der Waals surface area (Å²) >= 11 is 1.48. The summed E-state index contributed by atoms with van der Waals surface area (Å²) in [7, 11) is 0. The summed E-state index contributed by atoms with van der Waals surface area (Å²) in [5.74, 6) is -0.492. The fraction of sp³-hybridized carbons (Fsp3) is 0.263. The van der Waals surface area contributed by atoms with Gasteiger partial charge >= 0.3 is 5.97 Å². The van der Waals surface area contributed by atoms with Crippen molar-refractivity contribution in [3.05, 3.63) is 57.7 Å². The molecule has 24 heavy (non-hydrogen) atoms. The first-order chi connectivity index (χ1) is 11.3. The van der Waals surface area contributed by atoms with Crippen LogP contribution < -0.4 is 11.2 Å². The van der Waals surface area contributed by atoms with Crippen molar-refractivity contribution in [1.29, 1.82) is 0 Å². The Hall–Kier alpha value is -2.24. The highest BCUT2D eigenvalue weighted by molar-refractivity contribution is 7.24. The van der Waals surface area contributed by atoms with Gasteiger partial charge in [0.15, 0.2) is 5.43 Å². The normalized spacial score (nSPS) is 11.8. The van der Waals surface area contributed by atoms with Crippen LogP contribution >= 0.6 is 11.3 Å². The number of ether oxygens (including phenoxy) is 1. The number of fused-ring (bicyclic) bond motifs is 2. The lowest BCUT2D eigenvalue weighted by atomic mass is 9.92. The third kappa shape index (κ3) is 2.81. The van der Waals surface area contributed by atoms with Gasteiger partial charge in [0.2, 0.25) is 0 Å². The molecular formula is C19H19NO3S. The molecule has 4 nitrogen and oxygen atoms in total. The number of rotatable bonds is 3. The van der Waals surface area contributed by atoms with Crippen molar-refractivity contribution < 1.29 is 9.53 Å². The molecule has 5 heteroatoms. The van der Waals surface area contributed by atoms with Crippen LogP contribution in [0.5, 0.6) is 0 Å². The molecule has 2 aromatic carbocycles. The second-order valence-corrected chi connectivity index (χ2v) is 7.35. The summed E-state index contributed by atoms with van der Waals surface area (Å²) in [4.78, 5) is 25.4. The summed E-state index contributed by atoms with van der Waals surface area (Å²) in [6, 6.07) is 11.0. The van der Waals surface area contributed by atoms with Gasteiger partial charge in [-0.1, -0.05) is 12.1 Å². The molecule has 1 heterocycles. The molecule has 2 N–H and O–H groups in total. The minimum Gasteiger partial charge on any atom is -0.462 e. The van der Waals surface area contributed by atoms with E-state index in [-0.39, 0.29) is 17.6 Å². The van der Waals surface area contributed by atoms with Gasteiger partial charge in [-0.05, 0) is 50.6 Å². The molecule has 3 rings (SSSR count). The predicted molar refractivity (Wildman–Crippen MR) is 98.8 cm³/mol. The zero-order valence-corrected chi connectivity index (χ0v) is 14.7. The second kappa shape index (κ2) is 6.00. The van der Waals surface area contributed by atoms with E-state index in [0.717, 1.165) is 15.0 Å². The van der Waals surface area contributed by atoms with Crippen LogP contribution in [0.4, 0.5) is 0 Å². The van der Waals surface area contributed by atoms with E-state index in [2.05, 4.69) is 0 Å². The number of carbonyl (C=O) groups excluding carboxylic acids is 1. The van der Waals surface area contributed by atoms with E-state index in [0.29, 0.717) is 10.8 Å². The van der Waals surface area contributed by atoms with Crippen LogP contribution in [0.1, 0.15) is 36.7 Å². The molecule has 0 saturated heterocycles. The van der Waals surface area contributed by atoms with E-state index in [1.165, 1.54) is 11.3 Å². The van der Waals surface area contributed by atoms with E-state index in [1.807, 2.05) is 38.1 Å². The van der Waals surface area contributed by atoms with Crippen molar-refractivity contribution in [2.75, 3.05) is 6.61 Å². The van der Waals surface area contributed by atoms with Gasteiger partial charge in [-0.15, -0.1) is 11.3 Å². The molecule has 1 aromatic heterocycles. The molecule has 124 valence electrons. The molecule has 0 amide bonds. The van der Waals surface area contributed by atoms with Crippen molar-refractivity contribution in [2.45, 2.75) is 26.3 Å². The standard InChI is InChI=1S/C19H19NO3S/c1-4-23-18(22)13-9-11(19(2,3)20)10-15-16(13)17(21)12-7-5-6-8-14(12)24-15/h5-10H,4,20H2,1-3H3. The highest BCUT2D eigenvalue weighted by atomic mass is 32.1. The Bertz CT molecular complexity index is 999. The van der Waals surface area contributed by atoms with Gasteiger partial charge in [0.25, 0.3) is 0 Å². The maximum Gasteiger partial charge on any atom is 0.338 e. The molecule has 3 aromatic rings. The molecule has 0 aliphatic heterocycles. The number of esters is 1. The summed E-state index contributed by atoms with van der Waals surface area (Å²) in [5, 5.41) is 1.02. The summed E-state index contributed by atoms with van der Waals surface area (Å²) in [6.07, 6.45) is 0. The minimum atomic E-state index is -0.628. The van der Waals surface area contributed by atoms with Crippen LogP contribution in [0.3, 0.4) is 0 Å². The maximum atomic E-state index is 12.9. The quantitative estimate of drug-likeness (QED) is 0.581. The van der Waals surface area contributed by atoms with Crippen LogP contribution in [0.2, 0.25) is 0 Å². The van der Waals surface area contributed by atoms with Gasteiger partial charge in [-0.2, -0.15) is 0 Å². The van der Waals surface area contributed by atoms with Gasteiger partial charge in [0.1, 0.15) is 0 Å². The van der Waals surface area contributed by atoms with E-state index < -0.39 is 11.5 Å². The van der Waals surface area contributed by atoms with Gasteiger partial charge in [-0.3, -0.25) is 4.79 Å². The lowest BCUT2D eigenvalue weighted by Crippen LogP contribution is -2.29. The zero-order valence-electron chi connectivity index (χ0n) is 13.9. The Labute approximate surface area is 143 Å². The number of carbonyl (C=O) groups is 1. The SMILES string of the molecule is CCOC(=O)c1cc(C(C)(C)N)cc2sc3ccccc3c(=O)c12. The third-order valence-corrected chi connectivity index (χ3v) is 5.04. The van der Waals surface area contributed by atoms with Gasteiger partial charge in [0, 0.05) is 20.3 Å². The van der Waals surface area contributed by atoms with Crippen LogP contribution in [0, 0.1) is 0 Å². The molecule has 0 radical (unpaired) electrons. The first-order valence-corrected chi connectivity index (χ1v) is 8.60. The molecule has 0 aliphatic rings. The molecular weight excluding hydrogens is 322 g/mol. The highest BCUT2D eigenvalue weighted by Gasteiger charge is 2.22. The van der Waals surface area contributed by atoms with E-state index in [4.69, 9.17) is 10.5 Å². The van der Waals surface area contributed by atoms with Crippen molar-refractivity contribution in [3.63, 3.8) is 0 Å². The average Bonchev–Trinajstić information content (AvgIpc) is 2.53. The number of hydrogen-bond donors (Lipinski definition) is 1. The number of benzene rings is 2. The first kappa shape index (κ1) is 16.6. The van der Waals surface area contributed by atoms with Gasteiger partial charge in [0.05, 0.1) is 17.6 Å². The third-order valence-electron chi connectivity index (χ3n) is 3.92. The highest BCUT2D eigenvalue weighted by Crippen LogP contribution is 2.31. The first-order valence-electron chi connectivity index (χ1n) is 7.79. The summed E-state index contributed by atoms with van der Waals surface area (Å²) < 4.78 is 6.79. The Morgan fingerprint density at radius 3 is 2.58 bits per heavy atom. The van der Waals surface area contributed by atoms with Crippen molar-refractivity contribution in [1.82, 2.24) is 0 Å². The van der Waals surface area contributed by atoms with Crippen LogP contribution in [0.15, 0.2) is 41.2 Å². The molecule has 0 fully saturated rings. The average molecular weight is 341 g/mol. The topological polar surface area (TPSA) is 69.4 Å². The molecule has 0 aliphatic carbocycles. The number of nitrogens with two attached hydrogens (primary N) is 1. The lowest BCUT2D eigenvalue weighted by Gasteiger charge is -2.21. The monoisotopic (exact) mass is 341 g/mol. The van der Waals surface area contributed by atoms with Crippen LogP contribution in [-0.2, 0) is 10.3 Å². The fourth-order valence-corrected chi connectivity index (χ4v) is 3.81. The van der Waals surface area contributed by atoms with Gasteiger partial charge < -0.3 is 10.5 Å². The molecule has 0 spiro atoms. The Balaban J connectivity index is 2.46. The van der Waals surface area contributed by atoms with Crippen molar-refractivity contribution >= 4 is 37.5 Å². The van der Waals surface area contributed by atoms with Crippen molar-refractivity contribution in [2.24, 2.45) is 5.73 Å². The zero-order chi connectivity index (χ0) is 17.5. The van der Waals surface area contributed by atoms with Crippen LogP contribution in [0.25, 0.3) is 20.2 Å². The Kier molecular flexibility index (Phi) is 4.15. The molecule has 0 saturated carbocycles. The molecule has 0 atom stereocenters. The fourth-order valence-electron chi connectivity index (χ4n) is 2.67. The predicted octanol–water partition coefficient (Wildman–Crippen LogP) is 3.79. The number of hydrogen-bond acceptors (Lipinski definition) is 5. The largest absolute Gasteiger partial charge is 0.462 e. The maximum absolute atomic E-state index is 12.9. The lowest BCUT2D eigenvalue weighted by molar-refractivity contribution is 0.0528. The minimum absolute atomic E-state index is 0.149. The van der Waals surface area contributed by atoms with E-state index in [9.17, 15) is 9.59 Å². The molecule has 0 unspecified atom stereocenters. The molecule has 0 bridgehead atoms. The van der Waals surface area contributed by atoms with Crippen LogP contribution in [-0.4, -0.2) is 12.6 Å². The second-order valence-electron chi connectivity index (χ2n) is 6.27. The summed E-state index contributed by atoms with van der Waals surface area (Å²) in [6.45, 7) is 5.73. The Morgan fingerprint density at radius 1 is 1.21 bits per heavy atom. The van der Waals surface area contributed by atoms with Crippen molar-refractivity contribution in [3.8, 4) is 0 Å². The Morgan fingerprint density at radius 2 is 1.92 bits per heavy atom. The van der Waals surface area contributed by atoms with E-state index >= 15 is 0 Å².